The first-order chi connectivity index (χ1) is 12.5. The maximum Gasteiger partial charge on any atom is 0.269 e. The number of nitrogens with zero attached hydrogens (tertiary/aromatic N) is 1. The Morgan fingerprint density at radius 3 is 2.46 bits per heavy atom. The van der Waals surface area contributed by atoms with E-state index in [0.717, 1.165) is 5.56 Å². The molecule has 1 aromatic carbocycles. The molecular weight excluding hydrogens is 330 g/mol. The molecule has 3 rings (SSSR count). The summed E-state index contributed by atoms with van der Waals surface area (Å²) in [4.78, 5) is 29.1. The second-order valence-electron chi connectivity index (χ2n) is 6.67. The summed E-state index contributed by atoms with van der Waals surface area (Å²) in [6.45, 7) is 2.00. The van der Waals surface area contributed by atoms with Gasteiger partial charge in [-0.25, -0.2) is 4.98 Å². The number of carbonyl (C=O) groups is 2. The van der Waals surface area contributed by atoms with Crippen LogP contribution in [-0.4, -0.2) is 41.1 Å². The highest BCUT2D eigenvalue weighted by atomic mass is 16.3. The van der Waals surface area contributed by atoms with Gasteiger partial charge in [-0.05, 0) is 30.5 Å². The van der Waals surface area contributed by atoms with Gasteiger partial charge in [-0.1, -0.05) is 37.3 Å². The number of aliphatic hydroxyl groups excluding tert-OH is 1. The molecule has 0 spiro atoms. The first-order valence-corrected chi connectivity index (χ1v) is 8.76. The van der Waals surface area contributed by atoms with Crippen LogP contribution in [0.15, 0.2) is 42.5 Å². The standard InChI is InChI=1S/C20H23N3O3/c1-12(13-6-4-3-5-7-13)17-8-14(9-18(23-17)20(26)21-2)19(25)22-15-10-16(24)11-15/h3-9,12,15-16,24H,10-11H2,1-2H3,(H,21,26)(H,22,25)/t12-,15-,16-/m0/s1. The summed E-state index contributed by atoms with van der Waals surface area (Å²) < 4.78 is 0. The molecule has 0 bridgehead atoms. The minimum absolute atomic E-state index is 0.0240. The molecule has 6 heteroatoms. The molecular formula is C20H23N3O3. The third-order valence-electron chi connectivity index (χ3n) is 4.76. The van der Waals surface area contributed by atoms with E-state index in [0.29, 0.717) is 24.1 Å². The zero-order valence-corrected chi connectivity index (χ0v) is 14.9. The number of hydrogen-bond acceptors (Lipinski definition) is 4. The van der Waals surface area contributed by atoms with Crippen molar-refractivity contribution in [3.63, 3.8) is 0 Å². The molecule has 26 heavy (non-hydrogen) atoms. The van der Waals surface area contributed by atoms with Crippen LogP contribution in [0.2, 0.25) is 0 Å². The quantitative estimate of drug-likeness (QED) is 0.765. The van der Waals surface area contributed by atoms with Gasteiger partial charge in [0.05, 0.1) is 6.10 Å². The van der Waals surface area contributed by atoms with Gasteiger partial charge >= 0.3 is 0 Å². The fourth-order valence-electron chi connectivity index (χ4n) is 3.04. The summed E-state index contributed by atoms with van der Waals surface area (Å²) in [6.07, 6.45) is 0.784. The average molecular weight is 353 g/mol. The van der Waals surface area contributed by atoms with Crippen molar-refractivity contribution in [2.45, 2.75) is 37.8 Å². The normalized spacial score (nSPS) is 20.0. The second-order valence-corrected chi connectivity index (χ2v) is 6.67. The van der Waals surface area contributed by atoms with Gasteiger partial charge < -0.3 is 15.7 Å². The summed E-state index contributed by atoms with van der Waals surface area (Å²) in [7, 11) is 1.53. The second kappa shape index (κ2) is 7.66. The minimum atomic E-state index is -0.340. The molecule has 0 aliphatic heterocycles. The molecule has 2 amide bonds. The Kier molecular flexibility index (Phi) is 5.32. The molecule has 3 N–H and O–H groups in total. The zero-order valence-electron chi connectivity index (χ0n) is 14.9. The van der Waals surface area contributed by atoms with Gasteiger partial charge in [0.2, 0.25) is 0 Å². The maximum atomic E-state index is 12.6. The van der Waals surface area contributed by atoms with Gasteiger partial charge in [-0.15, -0.1) is 0 Å². The largest absolute Gasteiger partial charge is 0.393 e. The highest BCUT2D eigenvalue weighted by Gasteiger charge is 2.29. The molecule has 0 saturated heterocycles. The van der Waals surface area contributed by atoms with E-state index in [-0.39, 0.29) is 35.6 Å². The molecule has 1 heterocycles. The number of benzene rings is 1. The number of carbonyl (C=O) groups excluding carboxylic acids is 2. The van der Waals surface area contributed by atoms with Crippen LogP contribution in [0.5, 0.6) is 0 Å². The van der Waals surface area contributed by atoms with Crippen LogP contribution in [-0.2, 0) is 0 Å². The van der Waals surface area contributed by atoms with Crippen molar-refractivity contribution < 1.29 is 14.7 Å². The Labute approximate surface area is 152 Å². The fourth-order valence-corrected chi connectivity index (χ4v) is 3.04. The number of amides is 2. The van der Waals surface area contributed by atoms with E-state index >= 15 is 0 Å². The van der Waals surface area contributed by atoms with E-state index in [2.05, 4.69) is 15.6 Å². The molecule has 1 aromatic heterocycles. The predicted molar refractivity (Wildman–Crippen MR) is 98.1 cm³/mol. The molecule has 1 atom stereocenters. The van der Waals surface area contributed by atoms with Crippen LogP contribution in [0, 0.1) is 0 Å². The van der Waals surface area contributed by atoms with Gasteiger partial charge in [-0.3, -0.25) is 9.59 Å². The number of nitrogens with one attached hydrogen (secondary N) is 2. The molecule has 6 nitrogen and oxygen atoms in total. The third-order valence-corrected chi connectivity index (χ3v) is 4.76. The van der Waals surface area contributed by atoms with Gasteiger partial charge in [0.25, 0.3) is 11.8 Å². The Hall–Kier alpha value is -2.73. The van der Waals surface area contributed by atoms with Crippen LogP contribution in [0.3, 0.4) is 0 Å². The van der Waals surface area contributed by atoms with E-state index < -0.39 is 0 Å². The summed E-state index contributed by atoms with van der Waals surface area (Å²) >= 11 is 0. The summed E-state index contributed by atoms with van der Waals surface area (Å²) in [6, 6.07) is 13.0. The summed E-state index contributed by atoms with van der Waals surface area (Å²) in [5.41, 5.74) is 2.34. The van der Waals surface area contributed by atoms with Crippen molar-refractivity contribution in [1.29, 1.82) is 0 Å². The topological polar surface area (TPSA) is 91.3 Å². The molecule has 0 radical (unpaired) electrons. The van der Waals surface area contributed by atoms with Crippen LogP contribution in [0.25, 0.3) is 0 Å². The highest BCUT2D eigenvalue weighted by molar-refractivity contribution is 5.98. The number of aliphatic hydroxyl groups is 1. The van der Waals surface area contributed by atoms with Gasteiger partial charge in [-0.2, -0.15) is 0 Å². The van der Waals surface area contributed by atoms with Crippen molar-refractivity contribution in [2.24, 2.45) is 0 Å². The number of hydrogen-bond donors (Lipinski definition) is 3. The number of rotatable bonds is 5. The van der Waals surface area contributed by atoms with E-state index in [1.807, 2.05) is 37.3 Å². The first-order valence-electron chi connectivity index (χ1n) is 8.76. The van der Waals surface area contributed by atoms with Crippen LogP contribution in [0.1, 0.15) is 57.8 Å². The lowest BCUT2D eigenvalue weighted by atomic mass is 9.89. The summed E-state index contributed by atoms with van der Waals surface area (Å²) in [5.74, 6) is -0.644. The van der Waals surface area contributed by atoms with Crippen LogP contribution < -0.4 is 10.6 Å². The highest BCUT2D eigenvalue weighted by Crippen LogP contribution is 2.24. The van der Waals surface area contributed by atoms with Crippen molar-refractivity contribution in [3.05, 3.63) is 65.0 Å². The first kappa shape index (κ1) is 18.1. The van der Waals surface area contributed by atoms with E-state index in [9.17, 15) is 14.7 Å². The molecule has 2 aromatic rings. The molecule has 0 unspecified atom stereocenters. The Morgan fingerprint density at radius 1 is 1.15 bits per heavy atom. The minimum Gasteiger partial charge on any atom is -0.393 e. The molecule has 136 valence electrons. The van der Waals surface area contributed by atoms with Gasteiger partial charge in [0, 0.05) is 30.3 Å². The van der Waals surface area contributed by atoms with Crippen molar-refractivity contribution in [1.82, 2.24) is 15.6 Å². The SMILES string of the molecule is CNC(=O)c1cc(C(=O)N[C@H]2C[C@H](O)C2)cc([C@@H](C)c2ccccc2)n1. The lowest BCUT2D eigenvalue weighted by Crippen LogP contribution is -2.46. The summed E-state index contributed by atoms with van der Waals surface area (Å²) in [5, 5.41) is 14.8. The molecule has 1 aliphatic rings. The lowest BCUT2D eigenvalue weighted by molar-refractivity contribution is 0.0562. The number of aromatic nitrogens is 1. The van der Waals surface area contributed by atoms with Crippen LogP contribution >= 0.6 is 0 Å². The average Bonchev–Trinajstić information content (AvgIpc) is 2.65. The van der Waals surface area contributed by atoms with E-state index in [1.54, 1.807) is 6.07 Å². The smallest absolute Gasteiger partial charge is 0.269 e. The number of pyridine rings is 1. The third kappa shape index (κ3) is 3.91. The zero-order chi connectivity index (χ0) is 18.7. The van der Waals surface area contributed by atoms with E-state index in [4.69, 9.17) is 0 Å². The van der Waals surface area contributed by atoms with E-state index in [1.165, 1.54) is 13.1 Å². The Bertz CT molecular complexity index is 801. The van der Waals surface area contributed by atoms with Crippen molar-refractivity contribution >= 4 is 11.8 Å². The van der Waals surface area contributed by atoms with Crippen molar-refractivity contribution in [3.8, 4) is 0 Å². The molecule has 1 aliphatic carbocycles. The fraction of sp³-hybridized carbons (Fsp3) is 0.350. The Morgan fingerprint density at radius 2 is 1.85 bits per heavy atom. The van der Waals surface area contributed by atoms with Crippen LogP contribution in [0.4, 0.5) is 0 Å². The molecule has 1 fully saturated rings. The molecule has 1 saturated carbocycles. The van der Waals surface area contributed by atoms with Gasteiger partial charge in [0.15, 0.2) is 0 Å². The Balaban J connectivity index is 1.91. The van der Waals surface area contributed by atoms with Gasteiger partial charge in [0.1, 0.15) is 5.69 Å². The predicted octanol–water partition coefficient (Wildman–Crippen LogP) is 1.85. The van der Waals surface area contributed by atoms with Crippen molar-refractivity contribution in [2.75, 3.05) is 7.05 Å². The lowest BCUT2D eigenvalue weighted by Gasteiger charge is -2.32. The monoisotopic (exact) mass is 353 g/mol. The maximum absolute atomic E-state index is 12.6.